The molecule has 0 aliphatic heterocycles. The van der Waals surface area contributed by atoms with Crippen LogP contribution in [0.2, 0.25) is 0 Å². The van der Waals surface area contributed by atoms with Gasteiger partial charge in [0.15, 0.2) is 0 Å². The molecule has 1 aliphatic rings. The molecule has 30 heavy (non-hydrogen) atoms. The summed E-state index contributed by atoms with van der Waals surface area (Å²) in [6.45, 7) is 5.57. The van der Waals surface area contributed by atoms with Gasteiger partial charge in [-0.25, -0.2) is 9.59 Å². The Labute approximate surface area is 179 Å². The van der Waals surface area contributed by atoms with Crippen LogP contribution in [0.4, 0.5) is 9.59 Å². The van der Waals surface area contributed by atoms with Crippen molar-refractivity contribution in [2.45, 2.75) is 70.6 Å². The molecule has 3 N–H and O–H groups in total. The summed E-state index contributed by atoms with van der Waals surface area (Å²) in [5.74, 6) is 0.296. The van der Waals surface area contributed by atoms with Crippen LogP contribution in [0.15, 0.2) is 30.3 Å². The van der Waals surface area contributed by atoms with Crippen LogP contribution in [-0.4, -0.2) is 58.6 Å². The molecule has 0 heterocycles. The van der Waals surface area contributed by atoms with Gasteiger partial charge in [0.25, 0.3) is 0 Å². The number of benzene rings is 1. The molecule has 1 aromatic carbocycles. The van der Waals surface area contributed by atoms with E-state index in [-0.39, 0.29) is 24.5 Å². The Morgan fingerprint density at radius 2 is 1.77 bits per heavy atom. The minimum Gasteiger partial charge on any atom is -0.465 e. The van der Waals surface area contributed by atoms with E-state index in [2.05, 4.69) is 17.4 Å². The number of amides is 2. The van der Waals surface area contributed by atoms with Crippen molar-refractivity contribution >= 4 is 12.2 Å². The van der Waals surface area contributed by atoms with Crippen molar-refractivity contribution in [2.24, 2.45) is 11.8 Å². The summed E-state index contributed by atoms with van der Waals surface area (Å²) >= 11 is 0. The number of carbonyl (C=O) groups is 2. The Hall–Kier alpha value is -2.28. The van der Waals surface area contributed by atoms with Gasteiger partial charge in [-0.1, -0.05) is 30.3 Å². The van der Waals surface area contributed by atoms with Crippen LogP contribution >= 0.6 is 0 Å². The van der Waals surface area contributed by atoms with E-state index in [1.165, 1.54) is 11.9 Å². The van der Waals surface area contributed by atoms with Crippen molar-refractivity contribution in [3.63, 3.8) is 0 Å². The van der Waals surface area contributed by atoms with E-state index in [0.717, 1.165) is 37.7 Å². The third-order valence-electron chi connectivity index (χ3n) is 5.68. The molecule has 2 atom stereocenters. The highest BCUT2D eigenvalue weighted by Gasteiger charge is 2.35. The number of nitrogens with zero attached hydrogens (tertiary/aromatic N) is 1. The minimum atomic E-state index is -1.04. The summed E-state index contributed by atoms with van der Waals surface area (Å²) in [6, 6.07) is 9.63. The van der Waals surface area contributed by atoms with E-state index in [9.17, 15) is 19.8 Å². The molecule has 1 saturated carbocycles. The number of hydrogen-bond donors (Lipinski definition) is 3. The lowest BCUT2D eigenvalue weighted by Crippen LogP contribution is -2.52. The lowest BCUT2D eigenvalue weighted by Gasteiger charge is -2.39. The fourth-order valence-corrected chi connectivity index (χ4v) is 4.17. The van der Waals surface area contributed by atoms with E-state index in [4.69, 9.17) is 4.74 Å². The Morgan fingerprint density at radius 3 is 2.30 bits per heavy atom. The second-order valence-electron chi connectivity index (χ2n) is 9.34. The van der Waals surface area contributed by atoms with Gasteiger partial charge in [0.05, 0.1) is 12.1 Å². The number of nitrogens with one attached hydrogen (secondary N) is 1. The first-order chi connectivity index (χ1) is 14.0. The molecule has 2 amide bonds. The molecule has 7 heteroatoms. The zero-order valence-corrected chi connectivity index (χ0v) is 18.5. The summed E-state index contributed by atoms with van der Waals surface area (Å²) in [6.07, 6.45) is 2.01. The molecule has 1 aliphatic carbocycles. The van der Waals surface area contributed by atoms with E-state index in [0.29, 0.717) is 0 Å². The van der Waals surface area contributed by atoms with Crippen LogP contribution in [0.5, 0.6) is 0 Å². The largest absolute Gasteiger partial charge is 0.465 e. The van der Waals surface area contributed by atoms with Crippen molar-refractivity contribution in [1.82, 2.24) is 10.2 Å². The maximum atomic E-state index is 12.6. The number of alkyl carbamates (subject to hydrolysis) is 1. The molecule has 0 bridgehead atoms. The normalized spacial score (nSPS) is 21.4. The Kier molecular flexibility index (Phi) is 8.53. The zero-order chi connectivity index (χ0) is 22.3. The third-order valence-corrected chi connectivity index (χ3v) is 5.68. The van der Waals surface area contributed by atoms with Crippen LogP contribution in [0.3, 0.4) is 0 Å². The highest BCUT2D eigenvalue weighted by atomic mass is 16.6. The first-order valence-electron chi connectivity index (χ1n) is 10.7. The number of hydrogen-bond acceptors (Lipinski definition) is 4. The molecule has 1 fully saturated rings. The quantitative estimate of drug-likeness (QED) is 0.621. The van der Waals surface area contributed by atoms with E-state index in [1.54, 1.807) is 20.8 Å². The van der Waals surface area contributed by atoms with Crippen LogP contribution in [0, 0.1) is 11.8 Å². The number of ether oxygens (including phenoxy) is 1. The molecule has 0 radical (unpaired) electrons. The van der Waals surface area contributed by atoms with Crippen molar-refractivity contribution in [1.29, 1.82) is 0 Å². The molecule has 0 aromatic heterocycles. The van der Waals surface area contributed by atoms with Gasteiger partial charge in [-0.3, -0.25) is 0 Å². The molecule has 0 saturated heterocycles. The highest BCUT2D eigenvalue weighted by Crippen LogP contribution is 2.34. The maximum Gasteiger partial charge on any atom is 0.407 e. The average molecular weight is 421 g/mol. The first-order valence-corrected chi connectivity index (χ1v) is 10.7. The summed E-state index contributed by atoms with van der Waals surface area (Å²) in [4.78, 5) is 25.3. The van der Waals surface area contributed by atoms with E-state index >= 15 is 0 Å². The number of carboxylic acid groups (broad SMARTS) is 1. The molecular formula is C23H36N2O5. The Morgan fingerprint density at radius 1 is 1.17 bits per heavy atom. The second kappa shape index (κ2) is 10.7. The third kappa shape index (κ3) is 7.86. The molecule has 1 aromatic rings. The SMILES string of the molecule is CN(CC(NC(=O)OC(C)(C)C)C(Cc1ccccc1)C1CCC(O)CC1)C(=O)O. The predicted molar refractivity (Wildman–Crippen MR) is 115 cm³/mol. The van der Waals surface area contributed by atoms with E-state index in [1.807, 2.05) is 18.2 Å². The highest BCUT2D eigenvalue weighted by molar-refractivity contribution is 5.68. The molecule has 2 rings (SSSR count). The Bertz CT molecular complexity index is 681. The van der Waals surface area contributed by atoms with Gasteiger partial charge in [-0.05, 0) is 70.3 Å². The summed E-state index contributed by atoms with van der Waals surface area (Å²) in [7, 11) is 1.51. The average Bonchev–Trinajstić information content (AvgIpc) is 2.65. The van der Waals surface area contributed by atoms with Gasteiger partial charge in [0, 0.05) is 13.6 Å². The lowest BCUT2D eigenvalue weighted by atomic mass is 9.73. The Balaban J connectivity index is 2.28. The van der Waals surface area contributed by atoms with Gasteiger partial charge in [0.1, 0.15) is 5.60 Å². The fraction of sp³-hybridized carbons (Fsp3) is 0.652. The van der Waals surface area contributed by atoms with Crippen molar-refractivity contribution in [3.8, 4) is 0 Å². The number of carbonyl (C=O) groups excluding carboxylic acids is 1. The summed E-state index contributed by atoms with van der Waals surface area (Å²) in [5, 5.41) is 22.3. The standard InChI is InChI=1S/C23H36N2O5/c1-23(2,3)30-21(27)24-20(15-25(4)22(28)29)19(14-16-8-6-5-7-9-16)17-10-12-18(26)13-11-17/h5-9,17-20,26H,10-15H2,1-4H3,(H,24,27)(H,28,29). The number of aliphatic hydroxyl groups excluding tert-OH is 1. The lowest BCUT2D eigenvalue weighted by molar-refractivity contribution is 0.0404. The molecular weight excluding hydrogens is 384 g/mol. The van der Waals surface area contributed by atoms with Crippen molar-refractivity contribution in [2.75, 3.05) is 13.6 Å². The van der Waals surface area contributed by atoms with Crippen LogP contribution in [0.25, 0.3) is 0 Å². The number of aliphatic hydroxyl groups is 1. The summed E-state index contributed by atoms with van der Waals surface area (Å²) < 4.78 is 5.46. The minimum absolute atomic E-state index is 0.0224. The first kappa shape index (κ1) is 24.0. The van der Waals surface area contributed by atoms with Gasteiger partial charge in [0.2, 0.25) is 0 Å². The van der Waals surface area contributed by atoms with Crippen molar-refractivity contribution < 1.29 is 24.5 Å². The topological polar surface area (TPSA) is 99.1 Å². The molecule has 0 spiro atoms. The summed E-state index contributed by atoms with van der Waals surface area (Å²) in [5.41, 5.74) is 0.500. The molecule has 2 unspecified atom stereocenters. The van der Waals surface area contributed by atoms with Gasteiger partial charge in [-0.2, -0.15) is 0 Å². The monoisotopic (exact) mass is 420 g/mol. The number of rotatable bonds is 7. The van der Waals surface area contributed by atoms with Gasteiger partial charge < -0.3 is 25.2 Å². The van der Waals surface area contributed by atoms with Gasteiger partial charge in [-0.15, -0.1) is 0 Å². The van der Waals surface area contributed by atoms with Crippen LogP contribution < -0.4 is 5.32 Å². The second-order valence-corrected chi connectivity index (χ2v) is 9.34. The predicted octanol–water partition coefficient (Wildman–Crippen LogP) is 3.90. The molecule has 7 nitrogen and oxygen atoms in total. The fourth-order valence-electron chi connectivity index (χ4n) is 4.17. The van der Waals surface area contributed by atoms with Crippen LogP contribution in [-0.2, 0) is 11.2 Å². The molecule has 168 valence electrons. The van der Waals surface area contributed by atoms with E-state index < -0.39 is 23.8 Å². The maximum absolute atomic E-state index is 12.6. The smallest absolute Gasteiger partial charge is 0.407 e. The zero-order valence-electron chi connectivity index (χ0n) is 18.5. The number of likely N-dealkylation sites (N-methyl/N-ethyl adjacent to an activating group) is 1. The van der Waals surface area contributed by atoms with Gasteiger partial charge >= 0.3 is 12.2 Å². The van der Waals surface area contributed by atoms with Crippen molar-refractivity contribution in [3.05, 3.63) is 35.9 Å². The van der Waals surface area contributed by atoms with Crippen LogP contribution in [0.1, 0.15) is 52.0 Å².